The molecule has 0 radical (unpaired) electrons. The molecule has 0 spiro atoms. The molecule has 4 N–H and O–H groups in total. The third-order valence-electron chi connectivity index (χ3n) is 3.75. The molecule has 1 amide bonds. The fraction of sp³-hybridized carbons (Fsp3) is 0.316. The van der Waals surface area contributed by atoms with E-state index in [0.29, 0.717) is 30.7 Å². The third kappa shape index (κ3) is 5.37. The summed E-state index contributed by atoms with van der Waals surface area (Å²) in [6, 6.07) is 16.6. The molecule has 0 bridgehead atoms. The van der Waals surface area contributed by atoms with Crippen LogP contribution in [0.2, 0.25) is 0 Å². The van der Waals surface area contributed by atoms with E-state index in [0.717, 1.165) is 5.56 Å². The smallest absolute Gasteiger partial charge is 0.251 e. The maximum absolute atomic E-state index is 12.1. The van der Waals surface area contributed by atoms with Crippen molar-refractivity contribution in [3.05, 3.63) is 65.7 Å². The molecular formula is C19H24N2O3. The molecule has 2 unspecified atom stereocenters. The zero-order valence-electron chi connectivity index (χ0n) is 13.8. The van der Waals surface area contributed by atoms with Crippen molar-refractivity contribution in [1.29, 1.82) is 0 Å². The van der Waals surface area contributed by atoms with Crippen LogP contribution in [0.1, 0.15) is 28.8 Å². The predicted octanol–water partition coefficient (Wildman–Crippen LogP) is 2.23. The first-order valence-electron chi connectivity index (χ1n) is 8.07. The number of carbonyl (C=O) groups excluding carboxylic acids is 1. The van der Waals surface area contributed by atoms with Gasteiger partial charge in [-0.3, -0.25) is 10.5 Å². The summed E-state index contributed by atoms with van der Waals surface area (Å²) in [6.45, 7) is 2.38. The molecule has 2 atom stereocenters. The van der Waals surface area contributed by atoms with E-state index in [-0.39, 0.29) is 5.91 Å². The zero-order valence-corrected chi connectivity index (χ0v) is 13.8. The Kier molecular flexibility index (Phi) is 6.78. The molecule has 2 aromatic carbocycles. The number of ether oxygens (including phenoxy) is 1. The van der Waals surface area contributed by atoms with E-state index >= 15 is 0 Å². The summed E-state index contributed by atoms with van der Waals surface area (Å²) in [6.07, 6.45) is -0.521. The van der Waals surface area contributed by atoms with Crippen molar-refractivity contribution in [3.63, 3.8) is 0 Å². The first-order chi connectivity index (χ1) is 11.6. The van der Waals surface area contributed by atoms with Crippen LogP contribution in [-0.2, 0) is 0 Å². The van der Waals surface area contributed by atoms with Crippen molar-refractivity contribution in [2.45, 2.75) is 32.1 Å². The van der Waals surface area contributed by atoms with Gasteiger partial charge in [-0.05, 0) is 43.5 Å². The van der Waals surface area contributed by atoms with Gasteiger partial charge in [-0.1, -0.05) is 36.4 Å². The number of hydrogen-bond donors (Lipinski definition) is 3. The number of benzene rings is 2. The standard InChI is InChI=1S/C19H24N2O3/c1-14-8-5-6-11-16(14)19(23)21-13-7-12-17(22)18(20)24-15-9-3-2-4-10-15/h2-6,8-11,17-18,22H,7,12-13,20H2,1H3,(H,21,23). The van der Waals surface area contributed by atoms with Crippen LogP contribution >= 0.6 is 0 Å². The molecule has 5 nitrogen and oxygen atoms in total. The first-order valence-corrected chi connectivity index (χ1v) is 8.07. The molecule has 0 aliphatic rings. The fourth-order valence-corrected chi connectivity index (χ4v) is 2.34. The highest BCUT2D eigenvalue weighted by atomic mass is 16.5. The number of aliphatic hydroxyl groups is 1. The van der Waals surface area contributed by atoms with E-state index in [1.807, 2.05) is 43.3 Å². The second kappa shape index (κ2) is 9.05. The summed E-state index contributed by atoms with van der Waals surface area (Å²) in [4.78, 5) is 12.1. The first kappa shape index (κ1) is 18.0. The number of nitrogens with two attached hydrogens (primary N) is 1. The molecule has 0 aromatic heterocycles. The SMILES string of the molecule is Cc1ccccc1C(=O)NCCCC(O)C(N)Oc1ccccc1. The van der Waals surface area contributed by atoms with Crippen molar-refractivity contribution < 1.29 is 14.6 Å². The van der Waals surface area contributed by atoms with Crippen molar-refractivity contribution >= 4 is 5.91 Å². The summed E-state index contributed by atoms with van der Waals surface area (Å²) in [7, 11) is 0. The average Bonchev–Trinajstić information content (AvgIpc) is 2.59. The van der Waals surface area contributed by atoms with Crippen LogP contribution in [0.5, 0.6) is 5.75 Å². The van der Waals surface area contributed by atoms with E-state index in [1.54, 1.807) is 18.2 Å². The van der Waals surface area contributed by atoms with Crippen LogP contribution in [0, 0.1) is 6.92 Å². The molecule has 24 heavy (non-hydrogen) atoms. The lowest BCUT2D eigenvalue weighted by Gasteiger charge is -2.20. The van der Waals surface area contributed by atoms with Gasteiger partial charge in [-0.15, -0.1) is 0 Å². The van der Waals surface area contributed by atoms with Gasteiger partial charge in [0.1, 0.15) is 11.9 Å². The Labute approximate surface area is 142 Å². The van der Waals surface area contributed by atoms with Crippen LogP contribution in [0.3, 0.4) is 0 Å². The van der Waals surface area contributed by atoms with Gasteiger partial charge in [0.15, 0.2) is 6.23 Å². The third-order valence-corrected chi connectivity index (χ3v) is 3.75. The van der Waals surface area contributed by atoms with E-state index in [1.165, 1.54) is 0 Å². The van der Waals surface area contributed by atoms with Gasteiger partial charge in [0.2, 0.25) is 0 Å². The Hall–Kier alpha value is -2.37. The van der Waals surface area contributed by atoms with Gasteiger partial charge in [0.25, 0.3) is 5.91 Å². The van der Waals surface area contributed by atoms with Crippen LogP contribution in [0.25, 0.3) is 0 Å². The Morgan fingerprint density at radius 3 is 2.54 bits per heavy atom. The molecule has 0 heterocycles. The summed E-state index contributed by atoms with van der Waals surface area (Å²) in [5.41, 5.74) is 7.45. The highest BCUT2D eigenvalue weighted by Gasteiger charge is 2.16. The summed E-state index contributed by atoms with van der Waals surface area (Å²) in [5.74, 6) is 0.518. The summed E-state index contributed by atoms with van der Waals surface area (Å²) in [5, 5.41) is 12.9. The largest absolute Gasteiger partial charge is 0.473 e. The molecule has 0 saturated carbocycles. The van der Waals surface area contributed by atoms with E-state index in [2.05, 4.69) is 5.32 Å². The minimum atomic E-state index is -0.792. The van der Waals surface area contributed by atoms with E-state index < -0.39 is 12.3 Å². The number of amides is 1. The molecule has 0 aliphatic carbocycles. The maximum atomic E-state index is 12.1. The number of carbonyl (C=O) groups is 1. The number of para-hydroxylation sites is 1. The second-order valence-electron chi connectivity index (χ2n) is 5.68. The molecule has 0 saturated heterocycles. The predicted molar refractivity (Wildman–Crippen MR) is 93.8 cm³/mol. The Balaban J connectivity index is 1.70. The molecule has 0 aliphatic heterocycles. The zero-order chi connectivity index (χ0) is 17.4. The summed E-state index contributed by atoms with van der Waals surface area (Å²) < 4.78 is 5.48. The van der Waals surface area contributed by atoms with Crippen molar-refractivity contribution in [3.8, 4) is 5.75 Å². The van der Waals surface area contributed by atoms with Gasteiger partial charge < -0.3 is 15.2 Å². The number of rotatable bonds is 8. The Morgan fingerprint density at radius 2 is 1.83 bits per heavy atom. The molecule has 2 rings (SSSR count). The summed E-state index contributed by atoms with van der Waals surface area (Å²) >= 11 is 0. The monoisotopic (exact) mass is 328 g/mol. The van der Waals surface area contributed by atoms with Crippen LogP contribution in [0.4, 0.5) is 0 Å². The molecule has 2 aromatic rings. The van der Waals surface area contributed by atoms with E-state index in [9.17, 15) is 9.90 Å². The molecule has 128 valence electrons. The van der Waals surface area contributed by atoms with Crippen LogP contribution in [-0.4, -0.2) is 29.9 Å². The van der Waals surface area contributed by atoms with Gasteiger partial charge in [0.05, 0.1) is 0 Å². The fourth-order valence-electron chi connectivity index (χ4n) is 2.34. The van der Waals surface area contributed by atoms with E-state index in [4.69, 9.17) is 10.5 Å². The number of aryl methyl sites for hydroxylation is 1. The second-order valence-corrected chi connectivity index (χ2v) is 5.68. The highest BCUT2D eigenvalue weighted by Crippen LogP contribution is 2.12. The number of aliphatic hydroxyl groups excluding tert-OH is 1. The van der Waals surface area contributed by atoms with Crippen molar-refractivity contribution in [1.82, 2.24) is 5.32 Å². The normalized spacial score (nSPS) is 13.1. The topological polar surface area (TPSA) is 84.6 Å². The van der Waals surface area contributed by atoms with Gasteiger partial charge >= 0.3 is 0 Å². The number of nitrogens with one attached hydrogen (secondary N) is 1. The quantitative estimate of drug-likeness (QED) is 0.512. The Bertz CT molecular complexity index is 646. The van der Waals surface area contributed by atoms with Crippen LogP contribution < -0.4 is 15.8 Å². The lowest BCUT2D eigenvalue weighted by atomic mass is 10.1. The lowest BCUT2D eigenvalue weighted by molar-refractivity contribution is 0.0334. The van der Waals surface area contributed by atoms with Crippen LogP contribution in [0.15, 0.2) is 54.6 Å². The highest BCUT2D eigenvalue weighted by molar-refractivity contribution is 5.95. The lowest BCUT2D eigenvalue weighted by Crippen LogP contribution is -2.40. The average molecular weight is 328 g/mol. The number of hydrogen-bond acceptors (Lipinski definition) is 4. The van der Waals surface area contributed by atoms with Gasteiger partial charge in [-0.25, -0.2) is 0 Å². The maximum Gasteiger partial charge on any atom is 0.251 e. The minimum absolute atomic E-state index is 0.104. The van der Waals surface area contributed by atoms with Crippen molar-refractivity contribution in [2.24, 2.45) is 5.73 Å². The molecule has 5 heteroatoms. The van der Waals surface area contributed by atoms with Crippen molar-refractivity contribution in [2.75, 3.05) is 6.54 Å². The minimum Gasteiger partial charge on any atom is -0.473 e. The Morgan fingerprint density at radius 1 is 1.17 bits per heavy atom. The molecule has 0 fully saturated rings. The molecular weight excluding hydrogens is 304 g/mol. The van der Waals surface area contributed by atoms with Gasteiger partial charge in [0, 0.05) is 12.1 Å². The van der Waals surface area contributed by atoms with Gasteiger partial charge in [-0.2, -0.15) is 0 Å².